The van der Waals surface area contributed by atoms with Crippen molar-refractivity contribution in [1.29, 1.82) is 0 Å². The summed E-state index contributed by atoms with van der Waals surface area (Å²) in [5, 5.41) is 16.5. The summed E-state index contributed by atoms with van der Waals surface area (Å²) in [4.78, 5) is 16.1. The van der Waals surface area contributed by atoms with Crippen LogP contribution >= 0.6 is 0 Å². The third-order valence-electron chi connectivity index (χ3n) is 4.88. The molecule has 30 heavy (non-hydrogen) atoms. The molecule has 0 spiro atoms. The average Bonchev–Trinajstić information content (AvgIpc) is 3.20. The van der Waals surface area contributed by atoms with Gasteiger partial charge < -0.3 is 14.8 Å². The highest BCUT2D eigenvalue weighted by atomic mass is 16.5. The number of nitrogens with zero attached hydrogens (tertiary/aromatic N) is 5. The molecule has 5 rings (SSSR count). The summed E-state index contributed by atoms with van der Waals surface area (Å²) in [6.45, 7) is 0.611. The molecular weight excluding hydrogens is 384 g/mol. The normalized spacial score (nSPS) is 15.2. The van der Waals surface area contributed by atoms with Crippen molar-refractivity contribution in [2.75, 3.05) is 19.0 Å². The number of carbonyl (C=O) groups is 1. The van der Waals surface area contributed by atoms with Crippen LogP contribution in [0, 0.1) is 0 Å². The maximum Gasteiger partial charge on any atom is 0.337 e. The number of pyridine rings is 1. The van der Waals surface area contributed by atoms with Gasteiger partial charge in [-0.2, -0.15) is 9.61 Å². The molecule has 1 N–H and O–H groups in total. The van der Waals surface area contributed by atoms with Crippen molar-refractivity contribution < 1.29 is 14.3 Å². The number of rotatable bonds is 4. The molecule has 0 radical (unpaired) electrons. The minimum atomic E-state index is -0.389. The Morgan fingerprint density at radius 1 is 1.23 bits per heavy atom. The second-order valence-electron chi connectivity index (χ2n) is 6.85. The fourth-order valence-electron chi connectivity index (χ4n) is 3.41. The first-order valence-corrected chi connectivity index (χ1v) is 9.47. The molecule has 0 bridgehead atoms. The number of hydrogen-bond acceptors (Lipinski definition) is 8. The van der Waals surface area contributed by atoms with Gasteiger partial charge in [0, 0.05) is 18.2 Å². The van der Waals surface area contributed by atoms with Gasteiger partial charge in [0.05, 0.1) is 24.9 Å². The van der Waals surface area contributed by atoms with E-state index in [4.69, 9.17) is 14.6 Å². The van der Waals surface area contributed by atoms with E-state index in [1.165, 1.54) is 7.11 Å². The Morgan fingerprint density at radius 3 is 3.07 bits per heavy atom. The van der Waals surface area contributed by atoms with Gasteiger partial charge in [0.25, 0.3) is 0 Å². The van der Waals surface area contributed by atoms with Crippen molar-refractivity contribution in [1.82, 2.24) is 24.8 Å². The van der Waals surface area contributed by atoms with E-state index < -0.39 is 0 Å². The molecule has 0 amide bonds. The number of fused-ring (bicyclic) bond motifs is 2. The second-order valence-corrected chi connectivity index (χ2v) is 6.85. The Balaban J connectivity index is 1.44. The molecule has 0 aliphatic carbocycles. The van der Waals surface area contributed by atoms with E-state index >= 15 is 0 Å². The third kappa shape index (κ3) is 3.30. The van der Waals surface area contributed by atoms with E-state index in [1.54, 1.807) is 28.9 Å². The predicted molar refractivity (Wildman–Crippen MR) is 108 cm³/mol. The quantitative estimate of drug-likeness (QED) is 0.519. The third-order valence-corrected chi connectivity index (χ3v) is 4.88. The number of hydrogen-bond donors (Lipinski definition) is 1. The number of ether oxygens (including phenoxy) is 2. The molecule has 1 unspecified atom stereocenters. The van der Waals surface area contributed by atoms with Crippen LogP contribution in [0.4, 0.5) is 5.82 Å². The summed E-state index contributed by atoms with van der Waals surface area (Å²) in [7, 11) is 1.36. The monoisotopic (exact) mass is 402 g/mol. The molecule has 4 heterocycles. The lowest BCUT2D eigenvalue weighted by Crippen LogP contribution is -2.33. The van der Waals surface area contributed by atoms with Crippen molar-refractivity contribution in [3.05, 3.63) is 66.1 Å². The summed E-state index contributed by atoms with van der Waals surface area (Å²) in [5.41, 5.74) is 2.61. The Bertz CT molecular complexity index is 1240. The molecule has 150 valence electrons. The van der Waals surface area contributed by atoms with Crippen LogP contribution in [0.3, 0.4) is 0 Å². The van der Waals surface area contributed by atoms with Gasteiger partial charge in [-0.3, -0.25) is 0 Å². The van der Waals surface area contributed by atoms with E-state index in [2.05, 4.69) is 20.5 Å². The zero-order chi connectivity index (χ0) is 20.5. The van der Waals surface area contributed by atoms with Gasteiger partial charge >= 0.3 is 5.97 Å². The Hall–Kier alpha value is -4.01. The fourth-order valence-corrected chi connectivity index (χ4v) is 3.41. The van der Waals surface area contributed by atoms with Crippen molar-refractivity contribution in [3.63, 3.8) is 0 Å². The van der Waals surface area contributed by atoms with Crippen LogP contribution in [0.15, 0.2) is 54.7 Å². The number of aromatic nitrogens is 5. The van der Waals surface area contributed by atoms with Crippen molar-refractivity contribution in [2.24, 2.45) is 0 Å². The largest absolute Gasteiger partial charge is 0.484 e. The molecule has 1 aromatic carbocycles. The predicted octanol–water partition coefficient (Wildman–Crippen LogP) is 2.39. The number of carbonyl (C=O) groups excluding carboxylic acids is 1. The van der Waals surface area contributed by atoms with Crippen molar-refractivity contribution >= 4 is 17.4 Å². The summed E-state index contributed by atoms with van der Waals surface area (Å²) in [5.74, 6) is 1.76. The Labute approximate surface area is 171 Å². The topological polar surface area (TPSA) is 104 Å². The molecule has 0 saturated heterocycles. The van der Waals surface area contributed by atoms with E-state index in [1.807, 2.05) is 30.3 Å². The molecule has 3 aromatic heterocycles. The van der Waals surface area contributed by atoms with Gasteiger partial charge in [0.1, 0.15) is 6.10 Å². The van der Waals surface area contributed by atoms with Crippen LogP contribution in [-0.2, 0) is 11.2 Å². The smallest absolute Gasteiger partial charge is 0.337 e. The number of benzene rings is 1. The Morgan fingerprint density at radius 2 is 2.17 bits per heavy atom. The molecule has 1 aliphatic rings. The maximum atomic E-state index is 11.8. The molecule has 9 heteroatoms. The summed E-state index contributed by atoms with van der Waals surface area (Å²) < 4.78 is 12.6. The van der Waals surface area contributed by atoms with E-state index in [0.29, 0.717) is 35.7 Å². The van der Waals surface area contributed by atoms with E-state index in [0.717, 1.165) is 17.1 Å². The maximum absolute atomic E-state index is 11.8. The molecule has 4 aromatic rings. The van der Waals surface area contributed by atoms with Crippen LogP contribution in [0.25, 0.3) is 16.9 Å². The van der Waals surface area contributed by atoms with Gasteiger partial charge in [0.15, 0.2) is 23.0 Å². The first-order valence-electron chi connectivity index (χ1n) is 9.47. The van der Waals surface area contributed by atoms with Crippen molar-refractivity contribution in [3.8, 4) is 17.0 Å². The molecule has 9 nitrogen and oxygen atoms in total. The van der Waals surface area contributed by atoms with E-state index in [9.17, 15) is 4.79 Å². The highest BCUT2D eigenvalue weighted by Crippen LogP contribution is 2.27. The van der Waals surface area contributed by atoms with Gasteiger partial charge in [-0.1, -0.05) is 12.1 Å². The second kappa shape index (κ2) is 7.43. The minimum Gasteiger partial charge on any atom is -0.484 e. The average molecular weight is 402 g/mol. The van der Waals surface area contributed by atoms with Crippen LogP contribution in [0.1, 0.15) is 16.2 Å². The highest BCUT2D eigenvalue weighted by Gasteiger charge is 2.23. The number of nitrogens with one attached hydrogen (secondary N) is 1. The minimum absolute atomic E-state index is 0.123. The standard InChI is InChI=1S/C21H18N6O3/c1-29-21(28)14-5-2-4-13(10-14)16-7-8-18-24-25-19(27(18)26-16)11-15-12-23-20-17(30-15)6-3-9-22-20/h2-10,15H,11-12H2,1H3,(H,22,23). The highest BCUT2D eigenvalue weighted by molar-refractivity contribution is 5.90. The van der Waals surface area contributed by atoms with Gasteiger partial charge in [-0.05, 0) is 36.4 Å². The first-order chi connectivity index (χ1) is 14.7. The van der Waals surface area contributed by atoms with Gasteiger partial charge in [-0.15, -0.1) is 10.2 Å². The fraction of sp³-hybridized carbons (Fsp3) is 0.190. The molecule has 1 aliphatic heterocycles. The van der Waals surface area contributed by atoms with Gasteiger partial charge in [0.2, 0.25) is 0 Å². The van der Waals surface area contributed by atoms with Crippen LogP contribution < -0.4 is 10.1 Å². The SMILES string of the molecule is COC(=O)c1cccc(-c2ccc3nnc(CC4CNc5ncccc5O4)n3n2)c1. The van der Waals surface area contributed by atoms with Crippen LogP contribution in [0.5, 0.6) is 5.75 Å². The summed E-state index contributed by atoms with van der Waals surface area (Å²) in [6, 6.07) is 14.6. The Kier molecular flexibility index (Phi) is 4.47. The first kappa shape index (κ1) is 18.0. The lowest BCUT2D eigenvalue weighted by molar-refractivity contribution is 0.0601. The molecule has 1 atom stereocenters. The number of methoxy groups -OCH3 is 1. The van der Waals surface area contributed by atoms with Crippen LogP contribution in [0.2, 0.25) is 0 Å². The zero-order valence-electron chi connectivity index (χ0n) is 16.1. The van der Waals surface area contributed by atoms with E-state index in [-0.39, 0.29) is 12.1 Å². The van der Waals surface area contributed by atoms with Gasteiger partial charge in [-0.25, -0.2) is 9.78 Å². The lowest BCUT2D eigenvalue weighted by Gasteiger charge is -2.25. The summed E-state index contributed by atoms with van der Waals surface area (Å²) >= 11 is 0. The molecule has 0 saturated carbocycles. The number of anilines is 1. The van der Waals surface area contributed by atoms with Crippen LogP contribution in [-0.4, -0.2) is 50.5 Å². The molecular formula is C21H18N6O3. The molecule has 0 fully saturated rings. The van der Waals surface area contributed by atoms with Crippen molar-refractivity contribution in [2.45, 2.75) is 12.5 Å². The summed E-state index contributed by atoms with van der Waals surface area (Å²) in [6.07, 6.45) is 2.13. The lowest BCUT2D eigenvalue weighted by atomic mass is 10.1. The zero-order valence-corrected chi connectivity index (χ0v) is 16.1. The number of esters is 1.